The van der Waals surface area contributed by atoms with Crippen LogP contribution in [0.1, 0.15) is 65.4 Å². The number of nitro groups is 1. The number of esters is 2. The number of dihydropyridines is 1. The van der Waals surface area contributed by atoms with E-state index < -0.39 is 22.8 Å². The van der Waals surface area contributed by atoms with E-state index >= 15 is 0 Å². The lowest BCUT2D eigenvalue weighted by atomic mass is 9.75. The summed E-state index contributed by atoms with van der Waals surface area (Å²) < 4.78 is 16.6. The molecule has 0 unspecified atom stereocenters. The fourth-order valence-electron chi connectivity index (χ4n) is 5.43. The summed E-state index contributed by atoms with van der Waals surface area (Å²) >= 11 is 0. The van der Waals surface area contributed by atoms with Gasteiger partial charge in [-0.2, -0.15) is 0 Å². The summed E-state index contributed by atoms with van der Waals surface area (Å²) in [6.45, 7) is 10.2. The molecule has 1 heterocycles. The molecule has 0 bridgehead atoms. The molecular formula is C28H38N2O7. The first kappa shape index (κ1) is 28.4. The van der Waals surface area contributed by atoms with Crippen LogP contribution in [0.15, 0.2) is 46.8 Å². The minimum Gasteiger partial charge on any atom is -0.460 e. The Balaban J connectivity index is 2.04. The Labute approximate surface area is 218 Å². The molecule has 0 amide bonds. The maximum absolute atomic E-state index is 13.8. The predicted molar refractivity (Wildman–Crippen MR) is 138 cm³/mol. The molecule has 2 aliphatic rings. The molecule has 0 radical (unpaired) electrons. The zero-order chi connectivity index (χ0) is 27.3. The van der Waals surface area contributed by atoms with E-state index in [1.54, 1.807) is 26.0 Å². The topological polar surface area (TPSA) is 117 Å². The summed E-state index contributed by atoms with van der Waals surface area (Å²) in [7, 11) is 1.50. The summed E-state index contributed by atoms with van der Waals surface area (Å²) in [5, 5.41) is 14.7. The van der Waals surface area contributed by atoms with Gasteiger partial charge in [0.15, 0.2) is 0 Å². The van der Waals surface area contributed by atoms with E-state index in [9.17, 15) is 19.7 Å². The minimum atomic E-state index is -0.887. The van der Waals surface area contributed by atoms with Crippen molar-refractivity contribution in [3.63, 3.8) is 0 Å². The molecule has 0 saturated heterocycles. The summed E-state index contributed by atoms with van der Waals surface area (Å²) in [6, 6.07) is 6.00. The Morgan fingerprint density at radius 1 is 1.11 bits per heavy atom. The molecule has 0 aromatic heterocycles. The quantitative estimate of drug-likeness (QED) is 0.211. The van der Waals surface area contributed by atoms with Gasteiger partial charge in [-0.3, -0.25) is 10.1 Å². The predicted octanol–water partition coefficient (Wildman–Crippen LogP) is 5.02. The Morgan fingerprint density at radius 2 is 1.78 bits per heavy atom. The van der Waals surface area contributed by atoms with Crippen molar-refractivity contribution < 1.29 is 28.7 Å². The summed E-state index contributed by atoms with van der Waals surface area (Å²) in [4.78, 5) is 38.1. The summed E-state index contributed by atoms with van der Waals surface area (Å²) in [6.07, 6.45) is 2.61. The van der Waals surface area contributed by atoms with Crippen LogP contribution in [0.2, 0.25) is 0 Å². The molecule has 3 rings (SSSR count). The zero-order valence-electron chi connectivity index (χ0n) is 22.5. The Bertz CT molecular complexity index is 1090. The first-order chi connectivity index (χ1) is 17.5. The second kappa shape index (κ2) is 12.4. The van der Waals surface area contributed by atoms with Crippen molar-refractivity contribution in [2.45, 2.75) is 65.9 Å². The van der Waals surface area contributed by atoms with Crippen LogP contribution in [0.3, 0.4) is 0 Å². The maximum Gasteiger partial charge on any atom is 0.337 e. The van der Waals surface area contributed by atoms with E-state index in [4.69, 9.17) is 14.2 Å². The normalized spacial score (nSPS) is 24.1. The van der Waals surface area contributed by atoms with E-state index in [-0.39, 0.29) is 42.1 Å². The molecule has 4 atom stereocenters. The molecule has 1 N–H and O–H groups in total. The summed E-state index contributed by atoms with van der Waals surface area (Å²) in [5.41, 5.74) is 1.83. The lowest BCUT2D eigenvalue weighted by Crippen LogP contribution is -2.38. The van der Waals surface area contributed by atoms with Crippen LogP contribution in [0.25, 0.3) is 0 Å². The number of allylic oxidation sites excluding steroid dienone is 2. The first-order valence-corrected chi connectivity index (χ1v) is 12.8. The number of carbonyl (C=O) groups excluding carboxylic acids is 2. The number of hydrogen-bond acceptors (Lipinski definition) is 8. The van der Waals surface area contributed by atoms with Crippen LogP contribution in [0, 0.1) is 27.9 Å². The Hall–Kier alpha value is -3.20. The molecule has 202 valence electrons. The minimum absolute atomic E-state index is 0.0340. The van der Waals surface area contributed by atoms with Gasteiger partial charge in [0.1, 0.15) is 12.7 Å². The third-order valence-corrected chi connectivity index (χ3v) is 7.35. The highest BCUT2D eigenvalue weighted by atomic mass is 16.6. The van der Waals surface area contributed by atoms with E-state index in [1.807, 2.05) is 0 Å². The van der Waals surface area contributed by atoms with Gasteiger partial charge in [-0.05, 0) is 50.0 Å². The van der Waals surface area contributed by atoms with Crippen molar-refractivity contribution in [2.24, 2.45) is 17.8 Å². The molecule has 1 aliphatic carbocycles. The fourth-order valence-corrected chi connectivity index (χ4v) is 5.43. The molecule has 1 aromatic carbocycles. The van der Waals surface area contributed by atoms with Gasteiger partial charge in [-0.15, -0.1) is 0 Å². The van der Waals surface area contributed by atoms with Crippen LogP contribution < -0.4 is 5.32 Å². The molecular weight excluding hydrogens is 476 g/mol. The average Bonchev–Trinajstić information content (AvgIpc) is 2.83. The van der Waals surface area contributed by atoms with E-state index in [0.29, 0.717) is 28.8 Å². The molecule has 1 aliphatic heterocycles. The highest BCUT2D eigenvalue weighted by Crippen LogP contribution is 2.42. The Kier molecular flexibility index (Phi) is 9.48. The van der Waals surface area contributed by atoms with Gasteiger partial charge in [-0.25, -0.2) is 9.59 Å². The molecule has 9 heteroatoms. The number of hydrogen-bond donors (Lipinski definition) is 1. The van der Waals surface area contributed by atoms with Crippen molar-refractivity contribution in [3.8, 4) is 0 Å². The standard InChI is InChI=1S/C28H38N2O7/c1-16(2)22-11-10-17(3)14-23(22)37-28(32)25-19(5)29-18(4)24(27(31)36-13-12-35-6)26(25)20-8-7-9-21(15-20)30(33)34/h7-9,15-17,22-23,26,29H,10-14H2,1-6H3/t17-,22-,23-,26+/m1/s1. The molecule has 1 fully saturated rings. The van der Waals surface area contributed by atoms with Crippen LogP contribution >= 0.6 is 0 Å². The second-order valence-electron chi connectivity index (χ2n) is 10.4. The number of nitro benzene ring substituents is 1. The van der Waals surface area contributed by atoms with Gasteiger partial charge in [0, 0.05) is 30.6 Å². The van der Waals surface area contributed by atoms with Gasteiger partial charge < -0.3 is 19.5 Å². The third-order valence-electron chi connectivity index (χ3n) is 7.35. The largest absolute Gasteiger partial charge is 0.460 e. The smallest absolute Gasteiger partial charge is 0.337 e. The van der Waals surface area contributed by atoms with Crippen LogP contribution in [-0.2, 0) is 23.8 Å². The molecule has 1 saturated carbocycles. The number of ether oxygens (including phenoxy) is 3. The number of rotatable bonds is 9. The van der Waals surface area contributed by atoms with E-state index in [0.717, 1.165) is 19.3 Å². The third kappa shape index (κ3) is 6.57. The van der Waals surface area contributed by atoms with Gasteiger partial charge in [-0.1, -0.05) is 39.3 Å². The van der Waals surface area contributed by atoms with E-state index in [2.05, 4.69) is 26.1 Å². The second-order valence-corrected chi connectivity index (χ2v) is 10.4. The average molecular weight is 515 g/mol. The zero-order valence-corrected chi connectivity index (χ0v) is 22.5. The van der Waals surface area contributed by atoms with Gasteiger partial charge >= 0.3 is 11.9 Å². The number of carbonyl (C=O) groups is 2. The highest BCUT2D eigenvalue weighted by Gasteiger charge is 2.41. The number of non-ortho nitro benzene ring substituents is 1. The van der Waals surface area contributed by atoms with Gasteiger partial charge in [0.05, 0.1) is 28.6 Å². The number of methoxy groups -OCH3 is 1. The molecule has 37 heavy (non-hydrogen) atoms. The van der Waals surface area contributed by atoms with Gasteiger partial charge in [0.2, 0.25) is 0 Å². The number of nitrogens with one attached hydrogen (secondary N) is 1. The monoisotopic (exact) mass is 514 g/mol. The Morgan fingerprint density at radius 3 is 2.41 bits per heavy atom. The number of nitrogens with zero attached hydrogens (tertiary/aromatic N) is 1. The highest BCUT2D eigenvalue weighted by molar-refractivity contribution is 6.00. The van der Waals surface area contributed by atoms with E-state index in [1.165, 1.54) is 19.2 Å². The maximum atomic E-state index is 13.8. The van der Waals surface area contributed by atoms with Crippen molar-refractivity contribution >= 4 is 17.6 Å². The van der Waals surface area contributed by atoms with Crippen LogP contribution in [0.5, 0.6) is 0 Å². The number of benzene rings is 1. The lowest BCUT2D eigenvalue weighted by molar-refractivity contribution is -0.384. The van der Waals surface area contributed by atoms with Gasteiger partial charge in [0.25, 0.3) is 5.69 Å². The van der Waals surface area contributed by atoms with Crippen LogP contribution in [0.4, 0.5) is 5.69 Å². The molecule has 9 nitrogen and oxygen atoms in total. The fraction of sp³-hybridized carbons (Fsp3) is 0.571. The van der Waals surface area contributed by atoms with Crippen LogP contribution in [-0.4, -0.2) is 43.3 Å². The molecule has 0 spiro atoms. The first-order valence-electron chi connectivity index (χ1n) is 12.8. The molecule has 1 aromatic rings. The lowest BCUT2D eigenvalue weighted by Gasteiger charge is -2.38. The van der Waals surface area contributed by atoms with Crippen molar-refractivity contribution in [1.82, 2.24) is 5.32 Å². The van der Waals surface area contributed by atoms with Crippen molar-refractivity contribution in [3.05, 3.63) is 62.5 Å². The van der Waals surface area contributed by atoms with Crippen molar-refractivity contribution in [1.29, 1.82) is 0 Å². The summed E-state index contributed by atoms with van der Waals surface area (Å²) in [5.74, 6) is -1.00. The van der Waals surface area contributed by atoms with Crippen molar-refractivity contribution in [2.75, 3.05) is 20.3 Å². The SMILES string of the molecule is COCCOC(=O)C1=C(C)NC(C)=C(C(=O)O[C@@H]2C[C@H](C)CC[C@@H]2C(C)C)[C@H]1c1cccc([N+](=O)[O-])c1.